The van der Waals surface area contributed by atoms with Crippen LogP contribution in [0.3, 0.4) is 0 Å². The lowest BCUT2D eigenvalue weighted by Crippen LogP contribution is -2.44. The molecule has 6 heteroatoms. The van der Waals surface area contributed by atoms with Crippen molar-refractivity contribution in [2.45, 2.75) is 32.2 Å². The molecule has 0 radical (unpaired) electrons. The van der Waals surface area contributed by atoms with Crippen molar-refractivity contribution in [2.24, 2.45) is 0 Å². The predicted octanol–water partition coefficient (Wildman–Crippen LogP) is 5.05. The molecular formula is C25H28FN3OS. The zero-order valence-electron chi connectivity index (χ0n) is 17.8. The molecule has 4 nitrogen and oxygen atoms in total. The molecule has 3 heterocycles. The molecule has 0 atom stereocenters. The van der Waals surface area contributed by atoms with E-state index in [9.17, 15) is 9.18 Å². The standard InChI is InChI=1S/C19H23N3OS.C6H5F/c1-2-21-9-6-16(7-10-21)22-11-5-14-3-4-15(13-17(14)22)18(23)19-20-8-12-24-19;7-6-4-2-1-3-5-6/h3-4,8,12-13,16H,2,5-7,9-11H2,1H3;1-5H. The van der Waals surface area contributed by atoms with E-state index in [1.54, 1.807) is 24.4 Å². The maximum Gasteiger partial charge on any atom is 0.221 e. The monoisotopic (exact) mass is 437 g/mol. The molecule has 2 aromatic carbocycles. The molecular weight excluding hydrogens is 409 g/mol. The van der Waals surface area contributed by atoms with Crippen molar-refractivity contribution in [1.29, 1.82) is 0 Å². The van der Waals surface area contributed by atoms with Crippen LogP contribution in [-0.2, 0) is 6.42 Å². The number of nitrogens with zero attached hydrogens (tertiary/aromatic N) is 3. The highest BCUT2D eigenvalue weighted by Gasteiger charge is 2.29. The Balaban J connectivity index is 0.000000282. The van der Waals surface area contributed by atoms with Gasteiger partial charge < -0.3 is 9.80 Å². The van der Waals surface area contributed by atoms with Crippen LogP contribution in [0.4, 0.5) is 10.1 Å². The molecule has 2 aliphatic rings. The average molecular weight is 438 g/mol. The van der Waals surface area contributed by atoms with Crippen LogP contribution in [0.25, 0.3) is 0 Å². The fourth-order valence-corrected chi connectivity index (χ4v) is 4.94. The first-order valence-electron chi connectivity index (χ1n) is 10.9. The minimum Gasteiger partial charge on any atom is -0.368 e. The number of aromatic nitrogens is 1. The van der Waals surface area contributed by atoms with Gasteiger partial charge in [0.05, 0.1) is 0 Å². The minimum atomic E-state index is -0.178. The lowest BCUT2D eigenvalue weighted by atomic mass is 10.0. The molecule has 0 amide bonds. The number of fused-ring (bicyclic) bond motifs is 1. The molecule has 1 fully saturated rings. The first-order valence-corrected chi connectivity index (χ1v) is 11.8. The fourth-order valence-electron chi connectivity index (χ4n) is 4.35. The Morgan fingerprint density at radius 3 is 2.52 bits per heavy atom. The fraction of sp³-hybridized carbons (Fsp3) is 0.360. The van der Waals surface area contributed by atoms with E-state index in [1.165, 1.54) is 60.7 Å². The zero-order chi connectivity index (χ0) is 21.6. The molecule has 3 aromatic rings. The van der Waals surface area contributed by atoms with Crippen molar-refractivity contribution in [3.05, 3.63) is 82.1 Å². The van der Waals surface area contributed by atoms with Gasteiger partial charge in [0.15, 0.2) is 5.01 Å². The number of anilines is 1. The topological polar surface area (TPSA) is 36.4 Å². The van der Waals surface area contributed by atoms with Gasteiger partial charge in [-0.05, 0) is 49.6 Å². The molecule has 1 saturated heterocycles. The van der Waals surface area contributed by atoms with Gasteiger partial charge in [0.2, 0.25) is 5.78 Å². The summed E-state index contributed by atoms with van der Waals surface area (Å²) >= 11 is 1.41. The summed E-state index contributed by atoms with van der Waals surface area (Å²) in [6.45, 7) is 6.84. The molecule has 0 spiro atoms. The number of carbonyl (C=O) groups is 1. The number of carbonyl (C=O) groups excluding carboxylic acids is 1. The summed E-state index contributed by atoms with van der Waals surface area (Å²) in [5.41, 5.74) is 3.41. The lowest BCUT2D eigenvalue weighted by molar-refractivity contribution is 0.103. The maximum atomic E-state index is 12.6. The molecule has 5 rings (SSSR count). The van der Waals surface area contributed by atoms with Gasteiger partial charge in [0.1, 0.15) is 5.82 Å². The van der Waals surface area contributed by atoms with Crippen LogP contribution in [0.15, 0.2) is 60.1 Å². The van der Waals surface area contributed by atoms with E-state index < -0.39 is 0 Å². The molecule has 31 heavy (non-hydrogen) atoms. The average Bonchev–Trinajstić information content (AvgIpc) is 3.49. The number of benzene rings is 2. The van der Waals surface area contributed by atoms with E-state index in [-0.39, 0.29) is 11.6 Å². The summed E-state index contributed by atoms with van der Waals surface area (Å²) in [5, 5.41) is 2.43. The second-order valence-electron chi connectivity index (χ2n) is 7.91. The van der Waals surface area contributed by atoms with Gasteiger partial charge in [-0.25, -0.2) is 9.37 Å². The van der Waals surface area contributed by atoms with Gasteiger partial charge in [0, 0.05) is 48.5 Å². The van der Waals surface area contributed by atoms with E-state index in [0.717, 1.165) is 25.1 Å². The molecule has 0 saturated carbocycles. The van der Waals surface area contributed by atoms with Crippen LogP contribution in [0.5, 0.6) is 0 Å². The number of thiazole rings is 1. The van der Waals surface area contributed by atoms with Crippen LogP contribution in [0.1, 0.15) is 40.7 Å². The molecule has 0 unspecified atom stereocenters. The number of likely N-dealkylation sites (tertiary alicyclic amines) is 1. The number of piperidine rings is 1. The normalized spacial score (nSPS) is 16.5. The second-order valence-corrected chi connectivity index (χ2v) is 8.81. The van der Waals surface area contributed by atoms with E-state index in [0.29, 0.717) is 11.0 Å². The number of hydrogen-bond acceptors (Lipinski definition) is 5. The quantitative estimate of drug-likeness (QED) is 0.536. The van der Waals surface area contributed by atoms with Crippen molar-refractivity contribution in [3.8, 4) is 0 Å². The van der Waals surface area contributed by atoms with Gasteiger partial charge in [-0.3, -0.25) is 4.79 Å². The van der Waals surface area contributed by atoms with Gasteiger partial charge in [-0.1, -0.05) is 37.3 Å². The third kappa shape index (κ3) is 5.20. The maximum absolute atomic E-state index is 12.6. The Bertz CT molecular complexity index is 985. The molecule has 0 N–H and O–H groups in total. The molecule has 0 aliphatic carbocycles. The van der Waals surface area contributed by atoms with Crippen molar-refractivity contribution in [3.63, 3.8) is 0 Å². The number of halogens is 1. The Hall–Kier alpha value is -2.57. The second kappa shape index (κ2) is 10.2. The van der Waals surface area contributed by atoms with Crippen LogP contribution in [0, 0.1) is 5.82 Å². The van der Waals surface area contributed by atoms with E-state index in [1.807, 2.05) is 11.4 Å². The summed E-state index contributed by atoms with van der Waals surface area (Å²) < 4.78 is 11.9. The van der Waals surface area contributed by atoms with E-state index in [2.05, 4.69) is 33.8 Å². The Labute approximate surface area is 187 Å². The lowest BCUT2D eigenvalue weighted by Gasteiger charge is -2.37. The Morgan fingerprint density at radius 1 is 1.13 bits per heavy atom. The van der Waals surface area contributed by atoms with E-state index in [4.69, 9.17) is 0 Å². The van der Waals surface area contributed by atoms with Gasteiger partial charge >= 0.3 is 0 Å². The van der Waals surface area contributed by atoms with Gasteiger partial charge in [0.25, 0.3) is 0 Å². The van der Waals surface area contributed by atoms with Crippen molar-refractivity contribution >= 4 is 22.8 Å². The van der Waals surface area contributed by atoms with Crippen LogP contribution < -0.4 is 4.90 Å². The highest BCUT2D eigenvalue weighted by atomic mass is 32.1. The summed E-state index contributed by atoms with van der Waals surface area (Å²) in [6.07, 6.45) is 5.23. The van der Waals surface area contributed by atoms with E-state index >= 15 is 0 Å². The molecule has 1 aromatic heterocycles. The Morgan fingerprint density at radius 2 is 1.90 bits per heavy atom. The number of hydrogen-bond donors (Lipinski definition) is 0. The van der Waals surface area contributed by atoms with Crippen molar-refractivity contribution in [1.82, 2.24) is 9.88 Å². The third-order valence-electron chi connectivity index (χ3n) is 6.08. The Kier molecular flexibility index (Phi) is 7.10. The summed E-state index contributed by atoms with van der Waals surface area (Å²) in [6, 6.07) is 14.7. The molecule has 2 aliphatic heterocycles. The molecule has 162 valence electrons. The largest absolute Gasteiger partial charge is 0.368 e. The van der Waals surface area contributed by atoms with Crippen LogP contribution in [0.2, 0.25) is 0 Å². The van der Waals surface area contributed by atoms with Crippen LogP contribution in [-0.4, -0.2) is 47.9 Å². The minimum absolute atomic E-state index is 0.0421. The van der Waals surface area contributed by atoms with Crippen molar-refractivity contribution < 1.29 is 9.18 Å². The number of ketones is 1. The first kappa shape index (κ1) is 21.7. The predicted molar refractivity (Wildman–Crippen MR) is 125 cm³/mol. The van der Waals surface area contributed by atoms with Crippen molar-refractivity contribution in [2.75, 3.05) is 31.1 Å². The first-order chi connectivity index (χ1) is 15.2. The summed E-state index contributed by atoms with van der Waals surface area (Å²) in [7, 11) is 0. The third-order valence-corrected chi connectivity index (χ3v) is 6.86. The van der Waals surface area contributed by atoms with Gasteiger partial charge in [-0.15, -0.1) is 11.3 Å². The SMILES string of the molecule is CCN1CCC(N2CCc3ccc(C(=O)c4nccs4)cc32)CC1.Fc1ccccc1. The van der Waals surface area contributed by atoms with Crippen LogP contribution >= 0.6 is 11.3 Å². The molecule has 0 bridgehead atoms. The highest BCUT2D eigenvalue weighted by Crippen LogP contribution is 2.34. The zero-order valence-corrected chi connectivity index (χ0v) is 18.7. The highest BCUT2D eigenvalue weighted by molar-refractivity contribution is 7.11. The van der Waals surface area contributed by atoms with Gasteiger partial charge in [-0.2, -0.15) is 0 Å². The smallest absolute Gasteiger partial charge is 0.221 e. The summed E-state index contributed by atoms with van der Waals surface area (Å²) in [4.78, 5) is 21.8. The summed E-state index contributed by atoms with van der Waals surface area (Å²) in [5.74, 6) is -0.136. The number of rotatable bonds is 4.